The second-order valence-electron chi connectivity index (χ2n) is 5.52. The maximum Gasteiger partial charge on any atom is 0.253 e. The van der Waals surface area contributed by atoms with Gasteiger partial charge in [-0.15, -0.1) is 0 Å². The van der Waals surface area contributed by atoms with Crippen molar-refractivity contribution in [1.82, 2.24) is 10.2 Å². The number of hydrogen-bond donors (Lipinski definition) is 2. The van der Waals surface area contributed by atoms with E-state index in [2.05, 4.69) is 16.3 Å². The van der Waals surface area contributed by atoms with Crippen LogP contribution < -0.4 is 5.32 Å². The highest BCUT2D eigenvalue weighted by molar-refractivity contribution is 7.99. The number of amides is 1. The molecule has 0 spiro atoms. The third-order valence-electron chi connectivity index (χ3n) is 3.47. The lowest BCUT2D eigenvalue weighted by atomic mass is 10.0. The first-order valence-corrected chi connectivity index (χ1v) is 7.97. The maximum atomic E-state index is 12.1. The van der Waals surface area contributed by atoms with E-state index in [0.717, 1.165) is 17.9 Å². The SMILES string of the molecule is CN(C)Cc1ccccc1CNC(=O)C1(O)CCSC1. The van der Waals surface area contributed by atoms with Gasteiger partial charge in [-0.2, -0.15) is 11.8 Å². The van der Waals surface area contributed by atoms with E-state index in [1.807, 2.05) is 32.3 Å². The van der Waals surface area contributed by atoms with Crippen LogP contribution in [0.2, 0.25) is 0 Å². The minimum Gasteiger partial charge on any atom is -0.379 e. The molecule has 1 aromatic carbocycles. The summed E-state index contributed by atoms with van der Waals surface area (Å²) in [7, 11) is 4.04. The molecule has 1 aliphatic rings. The van der Waals surface area contributed by atoms with E-state index in [1.54, 1.807) is 11.8 Å². The van der Waals surface area contributed by atoms with Gasteiger partial charge in [-0.25, -0.2) is 0 Å². The van der Waals surface area contributed by atoms with E-state index in [9.17, 15) is 9.90 Å². The number of rotatable bonds is 5. The van der Waals surface area contributed by atoms with Gasteiger partial charge in [0.2, 0.25) is 0 Å². The van der Waals surface area contributed by atoms with Crippen LogP contribution in [-0.4, -0.2) is 47.1 Å². The molecule has 0 aliphatic carbocycles. The first kappa shape index (κ1) is 15.4. The van der Waals surface area contributed by atoms with Crippen molar-refractivity contribution in [3.8, 4) is 0 Å². The van der Waals surface area contributed by atoms with Gasteiger partial charge >= 0.3 is 0 Å². The van der Waals surface area contributed by atoms with Gasteiger partial charge in [0.25, 0.3) is 5.91 Å². The van der Waals surface area contributed by atoms with Gasteiger partial charge in [0.15, 0.2) is 5.60 Å². The van der Waals surface area contributed by atoms with Gasteiger partial charge < -0.3 is 15.3 Å². The Bertz CT molecular complexity index is 471. The summed E-state index contributed by atoms with van der Waals surface area (Å²) in [5.74, 6) is 1.10. The quantitative estimate of drug-likeness (QED) is 0.858. The molecule has 2 rings (SSSR count). The first-order chi connectivity index (χ1) is 9.51. The van der Waals surface area contributed by atoms with Crippen LogP contribution in [0.15, 0.2) is 24.3 Å². The molecule has 1 fully saturated rings. The van der Waals surface area contributed by atoms with Gasteiger partial charge in [0, 0.05) is 18.8 Å². The Kier molecular flexibility index (Phi) is 5.07. The van der Waals surface area contributed by atoms with Crippen molar-refractivity contribution < 1.29 is 9.90 Å². The van der Waals surface area contributed by atoms with E-state index in [-0.39, 0.29) is 5.91 Å². The molecule has 1 aliphatic heterocycles. The molecule has 1 atom stereocenters. The number of hydrogen-bond acceptors (Lipinski definition) is 4. The van der Waals surface area contributed by atoms with Crippen LogP contribution in [0, 0.1) is 0 Å². The van der Waals surface area contributed by atoms with Crippen LogP contribution in [0.4, 0.5) is 0 Å². The van der Waals surface area contributed by atoms with Crippen molar-refractivity contribution in [1.29, 1.82) is 0 Å². The standard InChI is InChI=1S/C15H22N2O2S/c1-17(2)10-13-6-4-3-5-12(13)9-16-14(18)15(19)7-8-20-11-15/h3-6,19H,7-11H2,1-2H3,(H,16,18). The zero-order chi connectivity index (χ0) is 14.6. The lowest BCUT2D eigenvalue weighted by molar-refractivity contribution is -0.137. The van der Waals surface area contributed by atoms with E-state index < -0.39 is 5.60 Å². The van der Waals surface area contributed by atoms with Gasteiger partial charge in [-0.05, 0) is 37.4 Å². The monoisotopic (exact) mass is 294 g/mol. The molecule has 1 aromatic rings. The molecule has 5 heteroatoms. The second-order valence-corrected chi connectivity index (χ2v) is 6.63. The summed E-state index contributed by atoms with van der Waals surface area (Å²) in [5.41, 5.74) is 1.12. The first-order valence-electron chi connectivity index (χ1n) is 6.81. The average molecular weight is 294 g/mol. The number of aliphatic hydroxyl groups is 1. The predicted octanol–water partition coefficient (Wildman–Crippen LogP) is 1.23. The topological polar surface area (TPSA) is 52.6 Å². The molecule has 0 saturated carbocycles. The van der Waals surface area contributed by atoms with Crippen LogP contribution >= 0.6 is 11.8 Å². The van der Waals surface area contributed by atoms with Crippen LogP contribution in [0.1, 0.15) is 17.5 Å². The van der Waals surface area contributed by atoms with Gasteiger partial charge in [0.1, 0.15) is 0 Å². The molecule has 2 N–H and O–H groups in total. The fraction of sp³-hybridized carbons (Fsp3) is 0.533. The summed E-state index contributed by atoms with van der Waals surface area (Å²) in [6.45, 7) is 1.31. The lowest BCUT2D eigenvalue weighted by Crippen LogP contribution is -2.46. The fourth-order valence-corrected chi connectivity index (χ4v) is 3.54. The van der Waals surface area contributed by atoms with Crippen molar-refractivity contribution in [3.63, 3.8) is 0 Å². The van der Waals surface area contributed by atoms with Crippen molar-refractivity contribution >= 4 is 17.7 Å². The Hall–Kier alpha value is -1.04. The molecule has 1 amide bonds. The van der Waals surface area contributed by atoms with Crippen LogP contribution in [-0.2, 0) is 17.9 Å². The van der Waals surface area contributed by atoms with Gasteiger partial charge in [-0.3, -0.25) is 4.79 Å². The second kappa shape index (κ2) is 6.61. The molecular formula is C15H22N2O2S. The summed E-state index contributed by atoms with van der Waals surface area (Å²) < 4.78 is 0. The molecule has 1 heterocycles. The molecule has 1 saturated heterocycles. The fourth-order valence-electron chi connectivity index (χ4n) is 2.30. The Labute approximate surface area is 124 Å². The highest BCUT2D eigenvalue weighted by Gasteiger charge is 2.39. The Morgan fingerprint density at radius 3 is 2.70 bits per heavy atom. The Morgan fingerprint density at radius 2 is 2.10 bits per heavy atom. The molecule has 4 nitrogen and oxygen atoms in total. The normalized spacial score (nSPS) is 22.2. The zero-order valence-corrected chi connectivity index (χ0v) is 12.9. The molecule has 0 radical (unpaired) electrons. The third-order valence-corrected chi connectivity index (χ3v) is 4.64. The van der Waals surface area contributed by atoms with E-state index in [1.165, 1.54) is 5.56 Å². The van der Waals surface area contributed by atoms with Crippen LogP contribution in [0.3, 0.4) is 0 Å². The number of benzene rings is 1. The zero-order valence-electron chi connectivity index (χ0n) is 12.1. The van der Waals surface area contributed by atoms with Crippen molar-refractivity contribution in [2.24, 2.45) is 0 Å². The van der Waals surface area contributed by atoms with Gasteiger partial charge in [0.05, 0.1) is 0 Å². The van der Waals surface area contributed by atoms with Gasteiger partial charge in [-0.1, -0.05) is 24.3 Å². The van der Waals surface area contributed by atoms with E-state index in [4.69, 9.17) is 0 Å². The number of nitrogens with zero attached hydrogens (tertiary/aromatic N) is 1. The third kappa shape index (κ3) is 3.75. The molecule has 110 valence electrons. The summed E-state index contributed by atoms with van der Waals surface area (Å²) in [5, 5.41) is 13.1. The molecule has 0 aromatic heterocycles. The summed E-state index contributed by atoms with van der Waals surface area (Å²) >= 11 is 1.63. The minimum absolute atomic E-state index is 0.248. The molecule has 0 bridgehead atoms. The molecular weight excluding hydrogens is 272 g/mol. The Balaban J connectivity index is 1.98. The number of nitrogens with one attached hydrogen (secondary N) is 1. The minimum atomic E-state index is -1.18. The van der Waals surface area contributed by atoms with E-state index >= 15 is 0 Å². The van der Waals surface area contributed by atoms with Crippen molar-refractivity contribution in [3.05, 3.63) is 35.4 Å². The van der Waals surface area contributed by atoms with Crippen LogP contribution in [0.25, 0.3) is 0 Å². The number of carbonyl (C=O) groups excluding carboxylic acids is 1. The van der Waals surface area contributed by atoms with E-state index in [0.29, 0.717) is 18.7 Å². The largest absolute Gasteiger partial charge is 0.379 e. The molecule has 1 unspecified atom stereocenters. The molecule has 20 heavy (non-hydrogen) atoms. The smallest absolute Gasteiger partial charge is 0.253 e. The van der Waals surface area contributed by atoms with Crippen LogP contribution in [0.5, 0.6) is 0 Å². The highest BCUT2D eigenvalue weighted by Crippen LogP contribution is 2.28. The summed E-state index contributed by atoms with van der Waals surface area (Å²) in [6, 6.07) is 8.07. The number of thioether (sulfide) groups is 1. The maximum absolute atomic E-state index is 12.1. The number of carbonyl (C=O) groups is 1. The van der Waals surface area contributed by atoms with Crippen molar-refractivity contribution in [2.45, 2.75) is 25.1 Å². The average Bonchev–Trinajstić information content (AvgIpc) is 2.85. The summed E-state index contributed by atoms with van der Waals surface area (Å²) in [6.07, 6.45) is 0.544. The Morgan fingerprint density at radius 1 is 1.40 bits per heavy atom. The highest BCUT2D eigenvalue weighted by atomic mass is 32.2. The summed E-state index contributed by atoms with van der Waals surface area (Å²) in [4.78, 5) is 14.2. The van der Waals surface area contributed by atoms with Crippen molar-refractivity contribution in [2.75, 3.05) is 25.6 Å². The predicted molar refractivity (Wildman–Crippen MR) is 82.6 cm³/mol. The lowest BCUT2D eigenvalue weighted by Gasteiger charge is -2.21.